The van der Waals surface area contributed by atoms with Gasteiger partial charge in [0.15, 0.2) is 0 Å². The molecule has 0 unspecified atom stereocenters. The molecule has 19 heavy (non-hydrogen) atoms. The van der Waals surface area contributed by atoms with Crippen molar-refractivity contribution in [3.05, 3.63) is 64.4 Å². The van der Waals surface area contributed by atoms with E-state index in [0.717, 1.165) is 11.6 Å². The lowest BCUT2D eigenvalue weighted by atomic mass is 10.2. The first kappa shape index (κ1) is 13.4. The van der Waals surface area contributed by atoms with Crippen LogP contribution in [0, 0.1) is 5.82 Å². The first-order chi connectivity index (χ1) is 9.06. The number of hydrogen-bond acceptors (Lipinski definition) is 3. The summed E-state index contributed by atoms with van der Waals surface area (Å²) in [5.41, 5.74) is 6.40. The van der Waals surface area contributed by atoms with E-state index in [1.165, 1.54) is 12.1 Å². The fraction of sp³-hybridized carbons (Fsp3) is 0.0714. The predicted molar refractivity (Wildman–Crippen MR) is 71.4 cm³/mol. The quantitative estimate of drug-likeness (QED) is 0.692. The maximum Gasteiger partial charge on any atom is 0.341 e. The maximum absolute atomic E-state index is 13.4. The first-order valence-electron chi connectivity index (χ1n) is 5.53. The van der Waals surface area contributed by atoms with Gasteiger partial charge in [0.25, 0.3) is 0 Å². The molecule has 0 aliphatic heterocycles. The number of esters is 1. The Labute approximate surface area is 114 Å². The van der Waals surface area contributed by atoms with Crippen molar-refractivity contribution in [3.8, 4) is 0 Å². The number of halogens is 2. The fourth-order valence-electron chi connectivity index (χ4n) is 1.51. The molecule has 3 nitrogen and oxygen atoms in total. The number of anilines is 1. The lowest BCUT2D eigenvalue weighted by Gasteiger charge is -2.06. The molecule has 0 heterocycles. The van der Waals surface area contributed by atoms with E-state index in [2.05, 4.69) is 0 Å². The Balaban J connectivity index is 2.05. The van der Waals surface area contributed by atoms with E-state index in [4.69, 9.17) is 22.1 Å². The third kappa shape index (κ3) is 3.45. The van der Waals surface area contributed by atoms with Crippen molar-refractivity contribution >= 4 is 23.3 Å². The van der Waals surface area contributed by atoms with Crippen LogP contribution in [-0.4, -0.2) is 5.97 Å². The summed E-state index contributed by atoms with van der Waals surface area (Å²) in [7, 11) is 0. The highest BCUT2D eigenvalue weighted by molar-refractivity contribution is 6.30. The highest BCUT2D eigenvalue weighted by Gasteiger charge is 2.13. The molecule has 0 atom stereocenters. The number of nitrogen functional groups attached to an aromatic ring is 1. The summed E-state index contributed by atoms with van der Waals surface area (Å²) in [5.74, 6) is -1.41. The van der Waals surface area contributed by atoms with Crippen LogP contribution in [0.25, 0.3) is 0 Å². The van der Waals surface area contributed by atoms with E-state index in [1.54, 1.807) is 24.3 Å². The summed E-state index contributed by atoms with van der Waals surface area (Å²) in [5, 5.41) is 0.594. The molecule has 5 heteroatoms. The van der Waals surface area contributed by atoms with E-state index < -0.39 is 11.8 Å². The summed E-state index contributed by atoms with van der Waals surface area (Å²) >= 11 is 5.74. The minimum Gasteiger partial charge on any atom is -0.457 e. The van der Waals surface area contributed by atoms with Gasteiger partial charge in [-0.1, -0.05) is 23.7 Å². The Bertz CT molecular complexity index is 599. The number of benzene rings is 2. The number of carbonyl (C=O) groups excluding carboxylic acids is 1. The number of ether oxygens (including phenoxy) is 1. The molecule has 0 radical (unpaired) electrons. The van der Waals surface area contributed by atoms with Gasteiger partial charge in [-0.15, -0.1) is 0 Å². The average molecular weight is 280 g/mol. The molecule has 2 N–H and O–H groups in total. The molecule has 0 fully saturated rings. The number of hydrogen-bond donors (Lipinski definition) is 1. The summed E-state index contributed by atoms with van der Waals surface area (Å²) in [4.78, 5) is 11.7. The Kier molecular flexibility index (Phi) is 4.02. The van der Waals surface area contributed by atoms with Gasteiger partial charge in [0.1, 0.15) is 12.4 Å². The van der Waals surface area contributed by atoms with Crippen molar-refractivity contribution in [1.82, 2.24) is 0 Å². The van der Waals surface area contributed by atoms with Gasteiger partial charge in [-0.25, -0.2) is 9.18 Å². The molecule has 0 spiro atoms. The number of rotatable bonds is 3. The van der Waals surface area contributed by atoms with Crippen LogP contribution in [0.4, 0.5) is 10.1 Å². The standard InChI is InChI=1S/C14H11ClFNO2/c15-10-3-1-9(2-4-10)8-19-14(18)12-7-11(17)5-6-13(12)16/h1-7H,8,17H2. The van der Waals surface area contributed by atoms with Crippen LogP contribution in [-0.2, 0) is 11.3 Å². The van der Waals surface area contributed by atoms with Crippen molar-refractivity contribution in [2.75, 3.05) is 5.73 Å². The first-order valence-corrected chi connectivity index (χ1v) is 5.90. The summed E-state index contributed by atoms with van der Waals surface area (Å²) in [6, 6.07) is 10.6. The monoisotopic (exact) mass is 279 g/mol. The van der Waals surface area contributed by atoms with Crippen LogP contribution in [0.1, 0.15) is 15.9 Å². The molecular formula is C14H11ClFNO2. The Morgan fingerprint density at radius 3 is 2.58 bits per heavy atom. The minimum absolute atomic E-state index is 0.0459. The molecule has 0 aliphatic carbocycles. The molecule has 2 aromatic carbocycles. The number of nitrogens with two attached hydrogens (primary N) is 1. The molecule has 0 aromatic heterocycles. The van der Waals surface area contributed by atoms with Crippen LogP contribution >= 0.6 is 11.6 Å². The van der Waals surface area contributed by atoms with Crippen molar-refractivity contribution in [3.63, 3.8) is 0 Å². The zero-order chi connectivity index (χ0) is 13.8. The highest BCUT2D eigenvalue weighted by atomic mass is 35.5. The molecule has 2 aromatic rings. The molecule has 0 saturated heterocycles. The lowest BCUT2D eigenvalue weighted by molar-refractivity contribution is 0.0467. The van der Waals surface area contributed by atoms with Crippen molar-refractivity contribution < 1.29 is 13.9 Å². The molecule has 0 bridgehead atoms. The summed E-state index contributed by atoms with van der Waals surface area (Å²) < 4.78 is 18.4. The normalized spacial score (nSPS) is 10.2. The van der Waals surface area contributed by atoms with E-state index >= 15 is 0 Å². The zero-order valence-corrected chi connectivity index (χ0v) is 10.7. The molecule has 98 valence electrons. The van der Waals surface area contributed by atoms with Gasteiger partial charge in [0.05, 0.1) is 5.56 Å². The molecule has 2 rings (SSSR count). The largest absolute Gasteiger partial charge is 0.457 e. The third-order valence-electron chi connectivity index (χ3n) is 2.49. The smallest absolute Gasteiger partial charge is 0.341 e. The molecule has 0 aliphatic rings. The second-order valence-electron chi connectivity index (χ2n) is 3.94. The summed E-state index contributed by atoms with van der Waals surface area (Å²) in [6.45, 7) is 0.0459. The second-order valence-corrected chi connectivity index (χ2v) is 4.38. The van der Waals surface area contributed by atoms with Crippen molar-refractivity contribution in [1.29, 1.82) is 0 Å². The van der Waals surface area contributed by atoms with Gasteiger partial charge in [0, 0.05) is 10.7 Å². The van der Waals surface area contributed by atoms with Gasteiger partial charge >= 0.3 is 5.97 Å². The Morgan fingerprint density at radius 1 is 1.21 bits per heavy atom. The molecular weight excluding hydrogens is 269 g/mol. The second kappa shape index (κ2) is 5.71. The maximum atomic E-state index is 13.4. The molecule has 0 amide bonds. The fourth-order valence-corrected chi connectivity index (χ4v) is 1.63. The van der Waals surface area contributed by atoms with E-state index in [9.17, 15) is 9.18 Å². The van der Waals surface area contributed by atoms with Crippen LogP contribution in [0.5, 0.6) is 0 Å². The van der Waals surface area contributed by atoms with E-state index in [1.807, 2.05) is 0 Å². The zero-order valence-electron chi connectivity index (χ0n) is 9.90. The van der Waals surface area contributed by atoms with Gasteiger partial charge in [-0.3, -0.25) is 0 Å². The van der Waals surface area contributed by atoms with Crippen molar-refractivity contribution in [2.45, 2.75) is 6.61 Å². The number of carbonyl (C=O) groups is 1. The predicted octanol–water partition coefficient (Wildman–Crippen LogP) is 3.42. The lowest BCUT2D eigenvalue weighted by Crippen LogP contribution is -2.08. The SMILES string of the molecule is Nc1ccc(F)c(C(=O)OCc2ccc(Cl)cc2)c1. The Hall–Kier alpha value is -2.07. The summed E-state index contributed by atoms with van der Waals surface area (Å²) in [6.07, 6.45) is 0. The molecule has 0 saturated carbocycles. The topological polar surface area (TPSA) is 52.3 Å². The minimum atomic E-state index is -0.750. The Morgan fingerprint density at radius 2 is 1.89 bits per heavy atom. The van der Waals surface area contributed by atoms with Crippen LogP contribution in [0.15, 0.2) is 42.5 Å². The van der Waals surface area contributed by atoms with Crippen LogP contribution in [0.2, 0.25) is 5.02 Å². The van der Waals surface area contributed by atoms with E-state index in [-0.39, 0.29) is 12.2 Å². The highest BCUT2D eigenvalue weighted by Crippen LogP contribution is 2.15. The van der Waals surface area contributed by atoms with Crippen LogP contribution in [0.3, 0.4) is 0 Å². The van der Waals surface area contributed by atoms with E-state index in [0.29, 0.717) is 10.7 Å². The van der Waals surface area contributed by atoms with Gasteiger partial charge in [0.2, 0.25) is 0 Å². The van der Waals surface area contributed by atoms with Gasteiger partial charge in [-0.05, 0) is 35.9 Å². The van der Waals surface area contributed by atoms with Crippen molar-refractivity contribution in [2.24, 2.45) is 0 Å². The van der Waals surface area contributed by atoms with Crippen LogP contribution < -0.4 is 5.73 Å². The average Bonchev–Trinajstić information content (AvgIpc) is 2.40. The van der Waals surface area contributed by atoms with Gasteiger partial charge < -0.3 is 10.5 Å². The third-order valence-corrected chi connectivity index (χ3v) is 2.75. The van der Waals surface area contributed by atoms with Gasteiger partial charge in [-0.2, -0.15) is 0 Å².